The van der Waals surface area contributed by atoms with Gasteiger partial charge in [0.2, 0.25) is 0 Å². The van der Waals surface area contributed by atoms with Gasteiger partial charge in [0.1, 0.15) is 0 Å². The average Bonchev–Trinajstić information content (AvgIpc) is 3.09. The van der Waals surface area contributed by atoms with Gasteiger partial charge in [0.05, 0.1) is 23.5 Å². The molecule has 1 saturated heterocycles. The highest BCUT2D eigenvalue weighted by Crippen LogP contribution is 2.25. The molecule has 1 aromatic heterocycles. The molecule has 1 atom stereocenters. The lowest BCUT2D eigenvalue weighted by Gasteiger charge is -2.14. The minimum atomic E-state index is -0.334. The largest absolute Gasteiger partial charge is 0.328 e. The molecule has 0 radical (unpaired) electrons. The first kappa shape index (κ1) is 12.8. The van der Waals surface area contributed by atoms with Crippen molar-refractivity contribution in [1.82, 2.24) is 14.9 Å². The van der Waals surface area contributed by atoms with E-state index in [-0.39, 0.29) is 10.6 Å². The maximum atomic E-state index is 11.1. The molecular weight excluding hydrogens is 256 g/mol. The highest BCUT2D eigenvalue weighted by atomic mass is 16.6. The van der Waals surface area contributed by atoms with Crippen LogP contribution in [0.5, 0.6) is 0 Å². The zero-order chi connectivity index (χ0) is 13.9. The first-order chi connectivity index (χ1) is 9.75. The van der Waals surface area contributed by atoms with Crippen LogP contribution in [0.2, 0.25) is 0 Å². The van der Waals surface area contributed by atoms with Gasteiger partial charge in [0.25, 0.3) is 5.69 Å². The van der Waals surface area contributed by atoms with E-state index in [9.17, 15) is 10.1 Å². The molecule has 1 N–H and O–H groups in total. The van der Waals surface area contributed by atoms with Crippen molar-refractivity contribution in [2.45, 2.75) is 25.4 Å². The summed E-state index contributed by atoms with van der Waals surface area (Å²) in [4.78, 5) is 14.9. The lowest BCUT2D eigenvalue weighted by Crippen LogP contribution is -2.17. The number of imidazole rings is 1. The van der Waals surface area contributed by atoms with Gasteiger partial charge in [-0.3, -0.25) is 10.1 Å². The number of nitro benzene ring substituents is 1. The second-order valence-corrected chi connectivity index (χ2v) is 4.98. The molecule has 0 spiro atoms. The van der Waals surface area contributed by atoms with Crippen LogP contribution in [0.3, 0.4) is 0 Å². The fraction of sp³-hybridized carbons (Fsp3) is 0.357. The van der Waals surface area contributed by atoms with E-state index in [0.29, 0.717) is 18.2 Å². The third kappa shape index (κ3) is 2.42. The Labute approximate surface area is 116 Å². The molecule has 104 valence electrons. The normalized spacial score (nSPS) is 18.3. The van der Waals surface area contributed by atoms with Crippen LogP contribution in [0.25, 0.3) is 0 Å². The summed E-state index contributed by atoms with van der Waals surface area (Å²) in [7, 11) is 0. The molecule has 0 amide bonds. The Morgan fingerprint density at radius 2 is 2.30 bits per heavy atom. The summed E-state index contributed by atoms with van der Waals surface area (Å²) in [5.41, 5.74) is 1.96. The topological polar surface area (TPSA) is 73.0 Å². The Hall–Kier alpha value is -2.21. The van der Waals surface area contributed by atoms with Crippen molar-refractivity contribution in [3.05, 3.63) is 58.2 Å². The Morgan fingerprint density at radius 1 is 1.45 bits per heavy atom. The minimum absolute atomic E-state index is 0.159. The van der Waals surface area contributed by atoms with Gasteiger partial charge in [-0.1, -0.05) is 18.2 Å². The Bertz CT molecular complexity index is 617. The zero-order valence-electron chi connectivity index (χ0n) is 11.0. The first-order valence-corrected chi connectivity index (χ1v) is 6.71. The highest BCUT2D eigenvalue weighted by molar-refractivity contribution is 5.40. The second kappa shape index (κ2) is 5.42. The molecule has 1 aromatic carbocycles. The number of para-hydroxylation sites is 1. The molecule has 0 saturated carbocycles. The van der Waals surface area contributed by atoms with Crippen molar-refractivity contribution in [3.8, 4) is 0 Å². The molecule has 3 rings (SSSR count). The predicted octanol–water partition coefficient (Wildman–Crippen LogP) is 2.26. The van der Waals surface area contributed by atoms with Crippen molar-refractivity contribution < 1.29 is 4.92 Å². The molecular formula is C14H16N4O2. The maximum absolute atomic E-state index is 11.1. The third-order valence-corrected chi connectivity index (χ3v) is 3.69. The number of nitrogens with zero attached hydrogens (tertiary/aromatic N) is 3. The van der Waals surface area contributed by atoms with Crippen LogP contribution < -0.4 is 5.32 Å². The Balaban J connectivity index is 1.88. The minimum Gasteiger partial charge on any atom is -0.328 e. The van der Waals surface area contributed by atoms with E-state index in [2.05, 4.69) is 10.3 Å². The zero-order valence-corrected chi connectivity index (χ0v) is 11.0. The smallest absolute Gasteiger partial charge is 0.274 e. The van der Waals surface area contributed by atoms with Crippen LogP contribution in [0, 0.1) is 10.1 Å². The van der Waals surface area contributed by atoms with Gasteiger partial charge in [0.15, 0.2) is 0 Å². The van der Waals surface area contributed by atoms with Crippen LogP contribution in [-0.2, 0) is 6.54 Å². The molecule has 2 heterocycles. The number of hydrogen-bond acceptors (Lipinski definition) is 4. The Kier molecular flexibility index (Phi) is 3.47. The molecule has 6 nitrogen and oxygen atoms in total. The standard InChI is InChI=1S/C14H16N4O2/c19-18(20)13-6-2-1-4-11(13)9-17-10-15-8-14(17)12-5-3-7-16-12/h1-2,4,6,8,10,12,16H,3,5,7,9H2/t12-/m0/s1. The lowest BCUT2D eigenvalue weighted by atomic mass is 10.1. The number of benzene rings is 1. The lowest BCUT2D eigenvalue weighted by molar-refractivity contribution is -0.385. The predicted molar refractivity (Wildman–Crippen MR) is 74.4 cm³/mol. The van der Waals surface area contributed by atoms with E-state index in [0.717, 1.165) is 25.1 Å². The summed E-state index contributed by atoms with van der Waals surface area (Å²) in [6.45, 7) is 1.49. The monoisotopic (exact) mass is 272 g/mol. The van der Waals surface area contributed by atoms with E-state index in [1.54, 1.807) is 24.5 Å². The van der Waals surface area contributed by atoms with E-state index < -0.39 is 0 Å². The summed E-state index contributed by atoms with van der Waals surface area (Å²) < 4.78 is 1.99. The second-order valence-electron chi connectivity index (χ2n) is 4.98. The third-order valence-electron chi connectivity index (χ3n) is 3.69. The fourth-order valence-corrected chi connectivity index (χ4v) is 2.70. The number of rotatable bonds is 4. The molecule has 0 unspecified atom stereocenters. The maximum Gasteiger partial charge on any atom is 0.274 e. The summed E-state index contributed by atoms with van der Waals surface area (Å²) in [5, 5.41) is 14.5. The highest BCUT2D eigenvalue weighted by Gasteiger charge is 2.21. The summed E-state index contributed by atoms with van der Waals surface area (Å²) >= 11 is 0. The Morgan fingerprint density at radius 3 is 3.05 bits per heavy atom. The van der Waals surface area contributed by atoms with Crippen LogP contribution in [0.4, 0.5) is 5.69 Å². The molecule has 0 aliphatic carbocycles. The van der Waals surface area contributed by atoms with Gasteiger partial charge < -0.3 is 9.88 Å². The summed E-state index contributed by atoms with van der Waals surface area (Å²) in [6, 6.07) is 7.16. The van der Waals surface area contributed by atoms with Gasteiger partial charge in [-0.25, -0.2) is 4.98 Å². The van der Waals surface area contributed by atoms with Gasteiger partial charge in [-0.05, 0) is 19.4 Å². The molecule has 6 heteroatoms. The van der Waals surface area contributed by atoms with E-state index >= 15 is 0 Å². The van der Waals surface area contributed by atoms with Crippen LogP contribution >= 0.6 is 0 Å². The van der Waals surface area contributed by atoms with Gasteiger partial charge in [-0.2, -0.15) is 0 Å². The van der Waals surface area contributed by atoms with Gasteiger partial charge >= 0.3 is 0 Å². The van der Waals surface area contributed by atoms with Gasteiger partial charge in [-0.15, -0.1) is 0 Å². The number of aromatic nitrogens is 2. The molecule has 1 aliphatic heterocycles. The molecule has 20 heavy (non-hydrogen) atoms. The average molecular weight is 272 g/mol. The van der Waals surface area contributed by atoms with E-state index in [4.69, 9.17) is 0 Å². The van der Waals surface area contributed by atoms with E-state index in [1.165, 1.54) is 0 Å². The molecule has 1 fully saturated rings. The SMILES string of the molecule is O=[N+]([O-])c1ccccc1Cn1cncc1[C@@H]1CCCN1. The number of hydrogen-bond donors (Lipinski definition) is 1. The van der Waals surface area contributed by atoms with Crippen molar-refractivity contribution in [3.63, 3.8) is 0 Å². The van der Waals surface area contributed by atoms with Crippen molar-refractivity contribution in [1.29, 1.82) is 0 Å². The number of nitro groups is 1. The van der Waals surface area contributed by atoms with Crippen LogP contribution in [-0.4, -0.2) is 21.0 Å². The van der Waals surface area contributed by atoms with Gasteiger partial charge in [0, 0.05) is 23.9 Å². The number of nitrogens with one attached hydrogen (secondary N) is 1. The van der Waals surface area contributed by atoms with Crippen LogP contribution in [0.1, 0.15) is 30.1 Å². The van der Waals surface area contributed by atoms with Crippen molar-refractivity contribution in [2.75, 3.05) is 6.54 Å². The summed E-state index contributed by atoms with van der Waals surface area (Å²) in [6.07, 6.45) is 5.83. The first-order valence-electron chi connectivity index (χ1n) is 6.71. The molecule has 2 aromatic rings. The van der Waals surface area contributed by atoms with Crippen LogP contribution in [0.15, 0.2) is 36.8 Å². The van der Waals surface area contributed by atoms with Crippen molar-refractivity contribution in [2.24, 2.45) is 0 Å². The van der Waals surface area contributed by atoms with E-state index in [1.807, 2.05) is 16.8 Å². The quantitative estimate of drug-likeness (QED) is 0.684. The summed E-state index contributed by atoms with van der Waals surface area (Å²) in [5.74, 6) is 0. The fourth-order valence-electron chi connectivity index (χ4n) is 2.70. The molecule has 1 aliphatic rings. The molecule has 0 bridgehead atoms. The van der Waals surface area contributed by atoms with Crippen molar-refractivity contribution >= 4 is 5.69 Å².